The van der Waals surface area contributed by atoms with Gasteiger partial charge in [-0.2, -0.15) is 0 Å². The first-order valence-corrected chi connectivity index (χ1v) is 7.52. The van der Waals surface area contributed by atoms with Gasteiger partial charge in [-0.15, -0.1) is 11.3 Å². The summed E-state index contributed by atoms with van der Waals surface area (Å²) >= 11 is 1.86. The average molecular weight is 261 g/mol. The highest BCUT2D eigenvalue weighted by molar-refractivity contribution is 7.19. The first-order valence-electron chi connectivity index (χ1n) is 6.70. The third-order valence-corrected chi connectivity index (χ3v) is 4.54. The van der Waals surface area contributed by atoms with Gasteiger partial charge < -0.3 is 5.32 Å². The second-order valence-corrected chi connectivity index (χ2v) is 6.39. The minimum atomic E-state index is 0.404. The van der Waals surface area contributed by atoms with Crippen molar-refractivity contribution < 1.29 is 0 Å². The predicted molar refractivity (Wildman–Crippen MR) is 77.6 cm³/mol. The molecule has 2 aromatic rings. The lowest BCUT2D eigenvalue weighted by Gasteiger charge is -2.14. The summed E-state index contributed by atoms with van der Waals surface area (Å²) in [7, 11) is 0. The van der Waals surface area contributed by atoms with Crippen LogP contribution in [0.3, 0.4) is 0 Å². The Kier molecular flexibility index (Phi) is 2.98. The maximum Gasteiger partial charge on any atom is 0.138 e. The van der Waals surface area contributed by atoms with Crippen molar-refractivity contribution in [3.63, 3.8) is 0 Å². The molecule has 0 fully saturated rings. The van der Waals surface area contributed by atoms with Crippen LogP contribution in [0.15, 0.2) is 0 Å². The minimum absolute atomic E-state index is 0.404. The Morgan fingerprint density at radius 3 is 2.72 bits per heavy atom. The van der Waals surface area contributed by atoms with E-state index in [1.807, 2.05) is 18.3 Å². The highest BCUT2D eigenvalue weighted by Gasteiger charge is 2.20. The van der Waals surface area contributed by atoms with E-state index >= 15 is 0 Å². The first-order chi connectivity index (χ1) is 8.65. The third-order valence-electron chi connectivity index (χ3n) is 3.35. The van der Waals surface area contributed by atoms with Gasteiger partial charge in [-0.25, -0.2) is 9.97 Å². The molecule has 2 heterocycles. The van der Waals surface area contributed by atoms with Crippen LogP contribution >= 0.6 is 11.3 Å². The van der Waals surface area contributed by atoms with Gasteiger partial charge in [0.15, 0.2) is 0 Å². The molecule has 1 aliphatic carbocycles. The SMILES string of the molecule is Cc1nc(NC(C)C)c2c3c(sc2n1)CCCC3. The van der Waals surface area contributed by atoms with Crippen LogP contribution in [0.5, 0.6) is 0 Å². The standard InChI is InChI=1S/C14H19N3S/c1-8(2)15-13-12-10-6-4-5-7-11(10)18-14(12)17-9(3)16-13/h8H,4-7H2,1-3H3,(H,15,16,17). The molecule has 0 aliphatic heterocycles. The van der Waals surface area contributed by atoms with Crippen molar-refractivity contribution in [2.24, 2.45) is 0 Å². The van der Waals surface area contributed by atoms with Crippen LogP contribution in [-0.4, -0.2) is 16.0 Å². The maximum absolute atomic E-state index is 4.62. The second kappa shape index (κ2) is 4.50. The van der Waals surface area contributed by atoms with Crippen LogP contribution in [0.2, 0.25) is 0 Å². The molecule has 1 aliphatic rings. The van der Waals surface area contributed by atoms with Crippen molar-refractivity contribution in [1.82, 2.24) is 9.97 Å². The molecule has 0 amide bonds. The van der Waals surface area contributed by atoms with Gasteiger partial charge in [0.2, 0.25) is 0 Å². The Balaban J connectivity index is 2.22. The molecular weight excluding hydrogens is 242 g/mol. The zero-order valence-electron chi connectivity index (χ0n) is 11.2. The van der Waals surface area contributed by atoms with Crippen LogP contribution < -0.4 is 5.32 Å². The largest absolute Gasteiger partial charge is 0.367 e. The van der Waals surface area contributed by atoms with E-state index in [4.69, 9.17) is 0 Å². The molecule has 4 heteroatoms. The zero-order valence-corrected chi connectivity index (χ0v) is 12.0. The van der Waals surface area contributed by atoms with Gasteiger partial charge in [0.05, 0.1) is 5.39 Å². The Bertz CT molecular complexity index is 586. The number of aromatic nitrogens is 2. The quantitative estimate of drug-likeness (QED) is 0.895. The molecule has 0 saturated carbocycles. The van der Waals surface area contributed by atoms with Gasteiger partial charge in [-0.1, -0.05) is 0 Å². The highest BCUT2D eigenvalue weighted by atomic mass is 32.1. The van der Waals surface area contributed by atoms with Crippen molar-refractivity contribution in [3.8, 4) is 0 Å². The number of hydrogen-bond donors (Lipinski definition) is 1. The molecule has 0 radical (unpaired) electrons. The van der Waals surface area contributed by atoms with Crippen LogP contribution in [0, 0.1) is 6.92 Å². The summed E-state index contributed by atoms with van der Waals surface area (Å²) in [5.74, 6) is 1.90. The fourth-order valence-corrected chi connectivity index (χ4v) is 3.95. The van der Waals surface area contributed by atoms with Crippen molar-refractivity contribution >= 4 is 27.4 Å². The minimum Gasteiger partial charge on any atom is -0.367 e. The fourth-order valence-electron chi connectivity index (χ4n) is 2.64. The van der Waals surface area contributed by atoms with Crippen LogP contribution in [0.4, 0.5) is 5.82 Å². The lowest BCUT2D eigenvalue weighted by molar-refractivity contribution is 0.700. The number of rotatable bonds is 2. The molecule has 3 nitrogen and oxygen atoms in total. The molecule has 96 valence electrons. The lowest BCUT2D eigenvalue weighted by Crippen LogP contribution is -2.12. The highest BCUT2D eigenvalue weighted by Crippen LogP contribution is 2.38. The first kappa shape index (κ1) is 11.9. The second-order valence-electron chi connectivity index (χ2n) is 5.31. The fraction of sp³-hybridized carbons (Fsp3) is 0.571. The molecule has 0 saturated heterocycles. The van der Waals surface area contributed by atoms with E-state index in [0.29, 0.717) is 6.04 Å². The lowest BCUT2D eigenvalue weighted by atomic mass is 9.97. The van der Waals surface area contributed by atoms with Crippen molar-refractivity contribution in [2.45, 2.75) is 52.5 Å². The summed E-state index contributed by atoms with van der Waals surface area (Å²) in [6.07, 6.45) is 5.03. The van der Waals surface area contributed by atoms with E-state index in [1.54, 1.807) is 0 Å². The van der Waals surface area contributed by atoms with Crippen LogP contribution in [0.1, 0.15) is 43.0 Å². The van der Waals surface area contributed by atoms with Crippen molar-refractivity contribution in [1.29, 1.82) is 0 Å². The molecule has 2 aromatic heterocycles. The van der Waals surface area contributed by atoms with Crippen LogP contribution in [-0.2, 0) is 12.8 Å². The van der Waals surface area contributed by atoms with Gasteiger partial charge in [0.25, 0.3) is 0 Å². The van der Waals surface area contributed by atoms with Crippen molar-refractivity contribution in [3.05, 3.63) is 16.3 Å². The van der Waals surface area contributed by atoms with Gasteiger partial charge in [0.1, 0.15) is 16.5 Å². The number of nitrogens with one attached hydrogen (secondary N) is 1. The van der Waals surface area contributed by atoms with Crippen molar-refractivity contribution in [2.75, 3.05) is 5.32 Å². The van der Waals surface area contributed by atoms with E-state index < -0.39 is 0 Å². The number of anilines is 1. The molecule has 0 aromatic carbocycles. The Labute approximate surface area is 112 Å². The summed E-state index contributed by atoms with van der Waals surface area (Å²) in [4.78, 5) is 11.9. The monoisotopic (exact) mass is 261 g/mol. The van der Waals surface area contributed by atoms with E-state index in [0.717, 1.165) is 16.5 Å². The number of nitrogens with zero attached hydrogens (tertiary/aromatic N) is 2. The van der Waals surface area contributed by atoms with Crippen LogP contribution in [0.25, 0.3) is 10.2 Å². The average Bonchev–Trinajstić information content (AvgIpc) is 2.65. The summed E-state index contributed by atoms with van der Waals surface area (Å²) in [6.45, 7) is 6.29. The van der Waals surface area contributed by atoms with E-state index in [9.17, 15) is 0 Å². The van der Waals surface area contributed by atoms with Gasteiger partial charge in [0, 0.05) is 10.9 Å². The smallest absolute Gasteiger partial charge is 0.138 e. The normalized spacial score (nSPS) is 15.1. The predicted octanol–water partition coefficient (Wildman–Crippen LogP) is 3.70. The summed E-state index contributed by atoms with van der Waals surface area (Å²) in [5.41, 5.74) is 1.50. The van der Waals surface area contributed by atoms with E-state index in [2.05, 4.69) is 29.1 Å². The third kappa shape index (κ3) is 1.99. The van der Waals surface area contributed by atoms with Gasteiger partial charge in [-0.3, -0.25) is 0 Å². The molecule has 0 unspecified atom stereocenters. The molecule has 0 spiro atoms. The molecule has 18 heavy (non-hydrogen) atoms. The van der Waals surface area contributed by atoms with Gasteiger partial charge in [-0.05, 0) is 52.0 Å². The van der Waals surface area contributed by atoms with E-state index in [-0.39, 0.29) is 0 Å². The maximum atomic E-state index is 4.62. The Morgan fingerprint density at radius 2 is 1.94 bits per heavy atom. The number of fused-ring (bicyclic) bond motifs is 3. The number of aryl methyl sites for hydroxylation is 3. The topological polar surface area (TPSA) is 37.8 Å². The zero-order chi connectivity index (χ0) is 12.7. The molecule has 3 rings (SSSR count). The van der Waals surface area contributed by atoms with E-state index in [1.165, 1.54) is 41.5 Å². The van der Waals surface area contributed by atoms with Gasteiger partial charge >= 0.3 is 0 Å². The Morgan fingerprint density at radius 1 is 1.17 bits per heavy atom. The number of thiophene rings is 1. The molecule has 0 bridgehead atoms. The Hall–Kier alpha value is -1.16. The summed E-state index contributed by atoms with van der Waals surface area (Å²) < 4.78 is 0. The number of hydrogen-bond acceptors (Lipinski definition) is 4. The summed E-state index contributed by atoms with van der Waals surface area (Å²) in [5, 5.41) is 4.77. The summed E-state index contributed by atoms with van der Waals surface area (Å²) in [6, 6.07) is 0.404. The molecular formula is C14H19N3S. The molecule has 0 atom stereocenters. The molecule has 1 N–H and O–H groups in total.